The van der Waals surface area contributed by atoms with Gasteiger partial charge in [-0.3, -0.25) is 9.59 Å². The van der Waals surface area contributed by atoms with Crippen LogP contribution < -0.4 is 5.32 Å². The molecule has 1 aromatic carbocycles. The summed E-state index contributed by atoms with van der Waals surface area (Å²) in [6, 6.07) is 11.7. The number of para-hydroxylation sites is 2. The van der Waals surface area contributed by atoms with Crippen molar-refractivity contribution in [3.63, 3.8) is 0 Å². The maximum absolute atomic E-state index is 13.1. The van der Waals surface area contributed by atoms with Gasteiger partial charge in [-0.2, -0.15) is 0 Å². The zero-order valence-electron chi connectivity index (χ0n) is 18.8. The van der Waals surface area contributed by atoms with Crippen molar-refractivity contribution >= 4 is 22.8 Å². The van der Waals surface area contributed by atoms with Crippen LogP contribution in [0.1, 0.15) is 61.8 Å². The Bertz CT molecular complexity index is 1040. The number of carbonyl (C=O) groups is 2. The quantitative estimate of drug-likeness (QED) is 0.511. The molecular weight excluding hydrogens is 404 g/mol. The van der Waals surface area contributed by atoms with Gasteiger partial charge in [0.1, 0.15) is 12.4 Å². The molecule has 1 aliphatic rings. The maximum atomic E-state index is 13.1. The molecule has 3 heterocycles. The van der Waals surface area contributed by atoms with Crippen LogP contribution in [0, 0.1) is 0 Å². The predicted molar refractivity (Wildman–Crippen MR) is 123 cm³/mol. The number of nitrogens with one attached hydrogen (secondary N) is 1. The summed E-state index contributed by atoms with van der Waals surface area (Å²) < 4.78 is 7.20. The van der Waals surface area contributed by atoms with Crippen molar-refractivity contribution in [3.8, 4) is 0 Å². The third-order valence-electron chi connectivity index (χ3n) is 6.26. The van der Waals surface area contributed by atoms with Crippen molar-refractivity contribution < 1.29 is 14.0 Å². The number of rotatable bonds is 9. The molecule has 32 heavy (non-hydrogen) atoms. The van der Waals surface area contributed by atoms with Gasteiger partial charge in [-0.1, -0.05) is 18.6 Å². The minimum atomic E-state index is -0.178. The van der Waals surface area contributed by atoms with E-state index in [4.69, 9.17) is 9.40 Å². The Kier molecular flexibility index (Phi) is 7.24. The smallest absolute Gasteiger partial charge is 0.286 e. The molecule has 0 radical (unpaired) electrons. The van der Waals surface area contributed by atoms with Crippen LogP contribution >= 0.6 is 0 Å². The number of unbranched alkanes of at least 4 members (excludes halogenated alkanes) is 2. The molecule has 0 saturated carbocycles. The summed E-state index contributed by atoms with van der Waals surface area (Å²) in [7, 11) is 0. The van der Waals surface area contributed by atoms with E-state index in [0.29, 0.717) is 24.9 Å². The third-order valence-corrected chi connectivity index (χ3v) is 6.26. The second-order valence-electron chi connectivity index (χ2n) is 8.58. The normalized spacial score (nSPS) is 16.4. The first kappa shape index (κ1) is 22.1. The van der Waals surface area contributed by atoms with E-state index >= 15 is 0 Å². The van der Waals surface area contributed by atoms with E-state index in [1.54, 1.807) is 12.1 Å². The van der Waals surface area contributed by atoms with Crippen LogP contribution in [0.3, 0.4) is 0 Å². The van der Waals surface area contributed by atoms with E-state index in [-0.39, 0.29) is 11.8 Å². The van der Waals surface area contributed by atoms with E-state index in [9.17, 15) is 9.59 Å². The van der Waals surface area contributed by atoms with Gasteiger partial charge in [0.05, 0.1) is 17.3 Å². The van der Waals surface area contributed by atoms with Gasteiger partial charge in [-0.25, -0.2) is 4.98 Å². The first-order chi connectivity index (χ1) is 15.6. The summed E-state index contributed by atoms with van der Waals surface area (Å²) >= 11 is 0. The number of benzene rings is 1. The molecule has 170 valence electrons. The average molecular weight is 437 g/mol. The van der Waals surface area contributed by atoms with Gasteiger partial charge >= 0.3 is 0 Å². The molecule has 1 unspecified atom stereocenters. The van der Waals surface area contributed by atoms with E-state index in [2.05, 4.69) is 16.8 Å². The first-order valence-corrected chi connectivity index (χ1v) is 11.7. The van der Waals surface area contributed by atoms with Crippen LogP contribution in [0.5, 0.6) is 0 Å². The van der Waals surface area contributed by atoms with Crippen LogP contribution in [0.15, 0.2) is 47.1 Å². The van der Waals surface area contributed by atoms with Gasteiger partial charge in [-0.05, 0) is 63.3 Å². The van der Waals surface area contributed by atoms with Crippen molar-refractivity contribution in [1.82, 2.24) is 19.8 Å². The molecule has 1 atom stereocenters. The number of piperidine rings is 1. The lowest BCUT2D eigenvalue weighted by atomic mass is 10.0. The van der Waals surface area contributed by atoms with Crippen LogP contribution in [0.2, 0.25) is 0 Å². The van der Waals surface area contributed by atoms with E-state index < -0.39 is 0 Å². The third kappa shape index (κ3) is 5.21. The topological polar surface area (TPSA) is 80.4 Å². The van der Waals surface area contributed by atoms with E-state index in [1.807, 2.05) is 29.2 Å². The number of imidazole rings is 1. The molecule has 2 amide bonds. The highest BCUT2D eigenvalue weighted by atomic mass is 16.3. The Labute approximate surface area is 188 Å². The summed E-state index contributed by atoms with van der Waals surface area (Å²) in [5.41, 5.74) is 1.96. The summed E-state index contributed by atoms with van der Waals surface area (Å²) in [6.07, 6.45) is 8.49. The van der Waals surface area contributed by atoms with E-state index in [0.717, 1.165) is 61.9 Å². The SMILES string of the molecule is CC1CCCCN1C(=O)Cn1c(CCCCCNC(=O)c2ccco2)nc2ccccc21. The van der Waals surface area contributed by atoms with Crippen molar-refractivity contribution in [2.24, 2.45) is 0 Å². The highest BCUT2D eigenvalue weighted by Crippen LogP contribution is 2.21. The molecule has 2 aromatic heterocycles. The largest absolute Gasteiger partial charge is 0.459 e. The summed E-state index contributed by atoms with van der Waals surface area (Å²) in [5, 5.41) is 2.88. The number of furan rings is 1. The molecule has 1 aliphatic heterocycles. The molecule has 3 aromatic rings. The Morgan fingerprint density at radius 2 is 2.00 bits per heavy atom. The second kappa shape index (κ2) is 10.5. The fourth-order valence-corrected chi connectivity index (χ4v) is 4.47. The monoisotopic (exact) mass is 436 g/mol. The van der Waals surface area contributed by atoms with Gasteiger partial charge in [0, 0.05) is 25.6 Å². The molecule has 1 fully saturated rings. The van der Waals surface area contributed by atoms with Crippen molar-refractivity contribution in [3.05, 3.63) is 54.2 Å². The maximum Gasteiger partial charge on any atom is 0.286 e. The molecule has 1 saturated heterocycles. The lowest BCUT2D eigenvalue weighted by molar-refractivity contribution is -0.135. The van der Waals surface area contributed by atoms with Gasteiger partial charge in [0.15, 0.2) is 5.76 Å². The molecule has 0 bridgehead atoms. The number of hydrogen-bond donors (Lipinski definition) is 1. The first-order valence-electron chi connectivity index (χ1n) is 11.7. The fourth-order valence-electron chi connectivity index (χ4n) is 4.47. The summed E-state index contributed by atoms with van der Waals surface area (Å²) in [4.78, 5) is 31.8. The standard InChI is InChI=1S/C25H32N4O3/c1-19-10-6-8-16-28(19)24(30)18-29-21-12-5-4-11-20(21)27-23(29)14-3-2-7-15-26-25(31)22-13-9-17-32-22/h4-5,9,11-13,17,19H,2-3,6-8,10,14-16,18H2,1H3,(H,26,31). The molecule has 0 aliphatic carbocycles. The number of carbonyl (C=O) groups excluding carboxylic acids is 2. The van der Waals surface area contributed by atoms with Crippen LogP contribution in [0.4, 0.5) is 0 Å². The number of aryl methyl sites for hydroxylation is 1. The highest BCUT2D eigenvalue weighted by Gasteiger charge is 2.24. The molecule has 7 nitrogen and oxygen atoms in total. The zero-order valence-corrected chi connectivity index (χ0v) is 18.8. The van der Waals surface area contributed by atoms with Crippen LogP contribution in [-0.4, -0.2) is 45.4 Å². The Morgan fingerprint density at radius 3 is 2.81 bits per heavy atom. The lowest BCUT2D eigenvalue weighted by Crippen LogP contribution is -2.43. The highest BCUT2D eigenvalue weighted by molar-refractivity contribution is 5.91. The fraction of sp³-hybridized carbons (Fsp3) is 0.480. The van der Waals surface area contributed by atoms with Crippen molar-refractivity contribution in [2.75, 3.05) is 13.1 Å². The summed E-state index contributed by atoms with van der Waals surface area (Å²) in [5.74, 6) is 1.31. The van der Waals surface area contributed by atoms with Crippen LogP contribution in [0.25, 0.3) is 11.0 Å². The lowest BCUT2D eigenvalue weighted by Gasteiger charge is -2.33. The number of hydrogen-bond acceptors (Lipinski definition) is 4. The second-order valence-corrected chi connectivity index (χ2v) is 8.58. The zero-order chi connectivity index (χ0) is 22.3. The molecular formula is C25H32N4O3. The Morgan fingerprint density at radius 1 is 1.12 bits per heavy atom. The van der Waals surface area contributed by atoms with Crippen molar-refractivity contribution in [1.29, 1.82) is 0 Å². The van der Waals surface area contributed by atoms with Gasteiger partial charge < -0.3 is 19.2 Å². The molecule has 7 heteroatoms. The van der Waals surface area contributed by atoms with E-state index in [1.165, 1.54) is 12.7 Å². The van der Waals surface area contributed by atoms with Gasteiger partial charge in [0.25, 0.3) is 5.91 Å². The van der Waals surface area contributed by atoms with Crippen LogP contribution in [-0.2, 0) is 17.8 Å². The van der Waals surface area contributed by atoms with Gasteiger partial charge in [0.2, 0.25) is 5.91 Å². The minimum absolute atomic E-state index is 0.178. The predicted octanol–water partition coefficient (Wildman–Crippen LogP) is 4.17. The average Bonchev–Trinajstić information content (AvgIpc) is 3.45. The number of aromatic nitrogens is 2. The Balaban J connectivity index is 1.33. The number of amides is 2. The number of likely N-dealkylation sites (tertiary alicyclic amines) is 1. The van der Waals surface area contributed by atoms with Crippen molar-refractivity contribution in [2.45, 2.75) is 64.5 Å². The molecule has 4 rings (SSSR count). The summed E-state index contributed by atoms with van der Waals surface area (Å²) in [6.45, 7) is 3.96. The molecule has 0 spiro atoms. The number of nitrogens with zero attached hydrogens (tertiary/aromatic N) is 3. The Hall–Kier alpha value is -3.09. The minimum Gasteiger partial charge on any atom is -0.459 e. The number of fused-ring (bicyclic) bond motifs is 1. The van der Waals surface area contributed by atoms with Gasteiger partial charge in [-0.15, -0.1) is 0 Å². The molecule has 1 N–H and O–H groups in total.